The van der Waals surface area contributed by atoms with E-state index in [0.29, 0.717) is 0 Å². The van der Waals surface area contributed by atoms with Gasteiger partial charge in [-0.2, -0.15) is 5.06 Å². The first-order valence-corrected chi connectivity index (χ1v) is 32.2. The fourth-order valence-electron chi connectivity index (χ4n) is 13.2. The van der Waals surface area contributed by atoms with Crippen molar-refractivity contribution in [3.05, 3.63) is 44.5 Å². The lowest BCUT2D eigenvalue weighted by atomic mass is 9.99. The molecule has 0 spiro atoms. The van der Waals surface area contributed by atoms with Gasteiger partial charge in [0.2, 0.25) is 6.54 Å². The average Bonchev–Trinajstić information content (AvgIpc) is 4.26. The lowest BCUT2D eigenvalue weighted by Crippen LogP contribution is -2.43. The summed E-state index contributed by atoms with van der Waals surface area (Å²) in [6, 6.07) is 1.78. The van der Waals surface area contributed by atoms with E-state index < -0.39 is 44.3 Å². The van der Waals surface area contributed by atoms with E-state index in [1.165, 1.54) is 197 Å². The Labute approximate surface area is 452 Å². The molecule has 2 heterocycles. The van der Waals surface area contributed by atoms with Gasteiger partial charge in [0, 0.05) is 44.5 Å². The van der Waals surface area contributed by atoms with Gasteiger partial charge in [-0.15, -0.1) is 0 Å². The number of unbranched alkanes of at least 4 members (excludes halogenated alkanes) is 14. The zero-order valence-electron chi connectivity index (χ0n) is 48.2. The number of H-pyrrole nitrogens is 1. The van der Waals surface area contributed by atoms with Gasteiger partial charge in [0.25, 0.3) is 14.1 Å². The summed E-state index contributed by atoms with van der Waals surface area (Å²) in [6.45, 7) is 21.1. The minimum Gasteiger partial charge on any atom is -0.374 e. The molecule has 0 aromatic carbocycles. The van der Waals surface area contributed by atoms with Crippen molar-refractivity contribution >= 4 is 8.53 Å². The highest BCUT2D eigenvalue weighted by Gasteiger charge is 2.50. The minimum absolute atomic E-state index is 0.0948. The second kappa shape index (κ2) is 33.0. The number of methoxy groups -OCH3 is 1. The fraction of sp³-hybridized carbons (Fsp3) is 0.918. The number of aromatic amines is 1. The van der Waals surface area contributed by atoms with Crippen LogP contribution in [0.25, 0.3) is 4.85 Å². The molecule has 74 heavy (non-hydrogen) atoms. The molecule has 0 bridgehead atoms. The van der Waals surface area contributed by atoms with E-state index in [2.05, 4.69) is 68.2 Å². The number of rotatable bonds is 44. The van der Waals surface area contributed by atoms with Crippen LogP contribution in [0.15, 0.2) is 21.9 Å². The van der Waals surface area contributed by atoms with Crippen LogP contribution in [0.4, 0.5) is 0 Å². The van der Waals surface area contributed by atoms with Crippen LogP contribution in [0.2, 0.25) is 0 Å². The maximum Gasteiger partial charge on any atom is 0.330 e. The summed E-state index contributed by atoms with van der Waals surface area (Å²) in [7, 11) is 2.01. The van der Waals surface area contributed by atoms with Gasteiger partial charge in [0.1, 0.15) is 24.9 Å². The first-order chi connectivity index (χ1) is 36.0. The molecule has 12 nitrogen and oxygen atoms in total. The van der Waals surface area contributed by atoms with Gasteiger partial charge in [-0.1, -0.05) is 155 Å². The van der Waals surface area contributed by atoms with Crippen LogP contribution in [0, 0.1) is 53.9 Å². The summed E-state index contributed by atoms with van der Waals surface area (Å²) in [6.07, 6.45) is 39.9. The zero-order valence-corrected chi connectivity index (χ0v) is 49.1. The van der Waals surface area contributed by atoms with E-state index >= 15 is 0 Å². The molecule has 0 amide bonds. The Hall–Kier alpha value is -1.68. The number of ether oxygens (including phenoxy) is 2. The highest BCUT2D eigenvalue weighted by Crippen LogP contribution is 2.56. The molecule has 1 aromatic rings. The average molecular weight is 1050 g/mol. The van der Waals surface area contributed by atoms with E-state index in [1.807, 2.05) is 0 Å². The van der Waals surface area contributed by atoms with Gasteiger partial charge >= 0.3 is 5.69 Å². The second-order valence-corrected chi connectivity index (χ2v) is 26.2. The molecule has 13 atom stereocenters. The third-order valence-corrected chi connectivity index (χ3v) is 20.2. The van der Waals surface area contributed by atoms with Gasteiger partial charge in [-0.25, -0.2) is 16.0 Å². The van der Waals surface area contributed by atoms with Crippen LogP contribution in [0.5, 0.6) is 0 Å². The standard InChI is InChI=1S/C61H108N5O7P/c1-10-12-22-28-47-38-51(47)42-53-40-49(53)30-24-18-14-16-20-26-32-55(33-27-21-17-15-19-25-31-50-41-54(50)43-52-39-48(52)29-23-13-11-2)64(8)70-44-56-58(73-74(71-37-35-62-7)66(45(3)4)46(5)6)59(69-9)60(72-56)65-36-34-57(67)63-61(65)68/h34,36,45-56,58-60H,10-33,35,37-44H2,1-6,8-9H3,(H,63,67,68)/t47?,48?,49?,50?,51?,52?,53?,54?,55?,56-,58?,59+,60-,74?/m1/s1. The smallest absolute Gasteiger partial charge is 0.330 e. The third kappa shape index (κ3) is 20.8. The van der Waals surface area contributed by atoms with Crippen molar-refractivity contribution in [1.29, 1.82) is 0 Å². The number of nitrogens with one attached hydrogen (secondary N) is 1. The normalized spacial score (nSPS) is 28.9. The molecule has 10 unspecified atom stereocenters. The summed E-state index contributed by atoms with van der Waals surface area (Å²) in [5.74, 6) is 8.42. The van der Waals surface area contributed by atoms with Gasteiger partial charge < -0.3 is 23.4 Å². The Balaban J connectivity index is 0.978. The maximum atomic E-state index is 13.2. The molecule has 5 aliphatic rings. The van der Waals surface area contributed by atoms with Gasteiger partial charge in [-0.05, 0) is 126 Å². The molecule has 424 valence electrons. The predicted molar refractivity (Wildman–Crippen MR) is 303 cm³/mol. The Bertz CT molecular complexity index is 1790. The summed E-state index contributed by atoms with van der Waals surface area (Å²) in [5, 5.41) is 2.08. The number of hydrogen-bond donors (Lipinski definition) is 1. The van der Waals surface area contributed by atoms with Crippen LogP contribution in [0.3, 0.4) is 0 Å². The molecular weight excluding hydrogens is 946 g/mol. The largest absolute Gasteiger partial charge is 0.374 e. The summed E-state index contributed by atoms with van der Waals surface area (Å²) >= 11 is 0. The van der Waals surface area contributed by atoms with Crippen LogP contribution in [-0.4, -0.2) is 89.6 Å². The zero-order chi connectivity index (χ0) is 52.8. The van der Waals surface area contributed by atoms with E-state index in [-0.39, 0.29) is 37.9 Å². The van der Waals surface area contributed by atoms with Crippen molar-refractivity contribution in [1.82, 2.24) is 19.3 Å². The SMILES string of the molecule is [C-]#[N+]CCOP(OC1[C@@H](CON(C)C(CCCCCCCCC2CC2CC2CC2CCCCC)CCCCCCCCC2CC2CC2CC2CCCCC)O[C@@H](n2ccc(=O)[nH]c2=O)[C@H]1OC)N(C(C)C)C(C)C. The van der Waals surface area contributed by atoms with E-state index in [9.17, 15) is 9.59 Å². The predicted octanol–water partition coefficient (Wildman–Crippen LogP) is 15.1. The molecule has 1 saturated heterocycles. The molecule has 0 radical (unpaired) electrons. The summed E-state index contributed by atoms with van der Waals surface area (Å²) in [5.41, 5.74) is -1.06. The number of hydroxylamine groups is 2. The first-order valence-electron chi connectivity index (χ1n) is 31.0. The molecule has 5 fully saturated rings. The van der Waals surface area contributed by atoms with Crippen LogP contribution < -0.4 is 11.2 Å². The van der Waals surface area contributed by atoms with Crippen molar-refractivity contribution < 1.29 is 23.4 Å². The second-order valence-electron chi connectivity index (χ2n) is 24.8. The molecule has 1 aliphatic heterocycles. The Morgan fingerprint density at radius 3 is 1.62 bits per heavy atom. The summed E-state index contributed by atoms with van der Waals surface area (Å²) < 4.78 is 29.7. The van der Waals surface area contributed by atoms with Crippen molar-refractivity contribution in [2.45, 2.75) is 277 Å². The van der Waals surface area contributed by atoms with Crippen LogP contribution in [-0.2, 0) is 23.4 Å². The molecule has 6 rings (SSSR count). The van der Waals surface area contributed by atoms with E-state index in [1.54, 1.807) is 7.11 Å². The Kier molecular flexibility index (Phi) is 27.5. The fourth-order valence-corrected chi connectivity index (χ4v) is 14.9. The third-order valence-electron chi connectivity index (χ3n) is 18.1. The van der Waals surface area contributed by atoms with E-state index in [4.69, 9.17) is 29.9 Å². The number of hydrogen-bond acceptors (Lipinski definition) is 9. The molecular formula is C61H108N5O7P. The molecule has 4 saturated carbocycles. The van der Waals surface area contributed by atoms with Crippen molar-refractivity contribution in [2.75, 3.05) is 33.9 Å². The number of aromatic nitrogens is 2. The Morgan fingerprint density at radius 1 is 0.703 bits per heavy atom. The molecule has 1 aromatic heterocycles. The van der Waals surface area contributed by atoms with Gasteiger partial charge in [0.15, 0.2) is 6.23 Å². The minimum atomic E-state index is -1.66. The van der Waals surface area contributed by atoms with Gasteiger partial charge in [-0.3, -0.25) is 19.2 Å². The molecule has 4 aliphatic carbocycles. The first kappa shape index (κ1) is 61.5. The molecule has 13 heteroatoms. The maximum absolute atomic E-state index is 13.2. The Morgan fingerprint density at radius 2 is 1.18 bits per heavy atom. The quantitative estimate of drug-likeness (QED) is 0.0295. The topological polar surface area (TPSA) is 112 Å². The highest BCUT2D eigenvalue weighted by atomic mass is 31.2. The van der Waals surface area contributed by atoms with Crippen LogP contribution in [0.1, 0.15) is 240 Å². The van der Waals surface area contributed by atoms with Crippen molar-refractivity contribution in [3.8, 4) is 0 Å². The highest BCUT2D eigenvalue weighted by molar-refractivity contribution is 7.44. The lowest BCUT2D eigenvalue weighted by Gasteiger charge is -2.38. The molecule has 1 N–H and O–H groups in total. The van der Waals surface area contributed by atoms with E-state index in [0.717, 1.165) is 60.2 Å². The monoisotopic (exact) mass is 1050 g/mol. The van der Waals surface area contributed by atoms with Crippen LogP contribution >= 0.6 is 8.53 Å². The summed E-state index contributed by atoms with van der Waals surface area (Å²) in [4.78, 5) is 38.0. The van der Waals surface area contributed by atoms with Crippen molar-refractivity contribution in [3.63, 3.8) is 0 Å². The lowest BCUT2D eigenvalue weighted by molar-refractivity contribution is -0.201. The van der Waals surface area contributed by atoms with Gasteiger partial charge in [0.05, 0.1) is 6.61 Å². The van der Waals surface area contributed by atoms with Crippen molar-refractivity contribution in [2.24, 2.45) is 47.3 Å². The number of nitrogens with zero attached hydrogens (tertiary/aromatic N) is 4.